The molecule has 0 aliphatic carbocycles. The topological polar surface area (TPSA) is 78.9 Å². The Labute approximate surface area is 112 Å². The van der Waals surface area contributed by atoms with Crippen LogP contribution in [0, 0.1) is 17.8 Å². The number of hydrogen-bond donors (Lipinski definition) is 0. The molecule has 0 aromatic heterocycles. The molecule has 6 heteroatoms. The van der Waals surface area contributed by atoms with Crippen LogP contribution in [0.4, 0.5) is 0 Å². The Balaban J connectivity index is 5.60. The van der Waals surface area contributed by atoms with E-state index in [1.807, 2.05) is 0 Å². The van der Waals surface area contributed by atoms with Crippen molar-refractivity contribution in [1.29, 1.82) is 0 Å². The standard InChI is InChI=1S/C13H18O6/c1-5-9-13(10(14)17-6-2,11(15)18-7-3)12(16)19-8-4/h1H,6-9H2,2-4H3. The molecule has 0 aliphatic rings. The zero-order chi connectivity index (χ0) is 14.9. The van der Waals surface area contributed by atoms with Gasteiger partial charge in [0.2, 0.25) is 0 Å². The summed E-state index contributed by atoms with van der Waals surface area (Å²) in [7, 11) is 0. The average Bonchev–Trinajstić information content (AvgIpc) is 2.36. The van der Waals surface area contributed by atoms with Crippen LogP contribution >= 0.6 is 0 Å². The number of carbonyl (C=O) groups is 3. The van der Waals surface area contributed by atoms with Gasteiger partial charge in [-0.05, 0) is 20.8 Å². The Morgan fingerprint density at radius 3 is 1.42 bits per heavy atom. The van der Waals surface area contributed by atoms with E-state index in [1.54, 1.807) is 20.8 Å². The van der Waals surface area contributed by atoms with Crippen LogP contribution < -0.4 is 0 Å². The quantitative estimate of drug-likeness (QED) is 0.293. The lowest BCUT2D eigenvalue weighted by Crippen LogP contribution is -2.49. The minimum absolute atomic E-state index is 0.00393. The van der Waals surface area contributed by atoms with Crippen LogP contribution in [-0.2, 0) is 28.6 Å². The molecule has 0 fully saturated rings. The van der Waals surface area contributed by atoms with E-state index < -0.39 is 29.7 Å². The van der Waals surface area contributed by atoms with Crippen LogP contribution in [0.5, 0.6) is 0 Å². The minimum atomic E-state index is -2.24. The van der Waals surface area contributed by atoms with Crippen LogP contribution in [0.3, 0.4) is 0 Å². The minimum Gasteiger partial charge on any atom is -0.465 e. The van der Waals surface area contributed by atoms with Gasteiger partial charge in [-0.15, -0.1) is 12.3 Å². The molecule has 6 nitrogen and oxygen atoms in total. The monoisotopic (exact) mass is 270 g/mol. The van der Waals surface area contributed by atoms with E-state index in [1.165, 1.54) is 0 Å². The van der Waals surface area contributed by atoms with Gasteiger partial charge in [0, 0.05) is 6.42 Å². The van der Waals surface area contributed by atoms with E-state index in [-0.39, 0.29) is 19.8 Å². The van der Waals surface area contributed by atoms with Crippen molar-refractivity contribution in [1.82, 2.24) is 0 Å². The van der Waals surface area contributed by atoms with Gasteiger partial charge in [-0.2, -0.15) is 0 Å². The fourth-order valence-corrected chi connectivity index (χ4v) is 1.38. The second-order valence-corrected chi connectivity index (χ2v) is 3.45. The highest BCUT2D eigenvalue weighted by molar-refractivity contribution is 6.18. The van der Waals surface area contributed by atoms with Gasteiger partial charge in [-0.25, -0.2) is 0 Å². The second kappa shape index (κ2) is 8.14. The van der Waals surface area contributed by atoms with Gasteiger partial charge < -0.3 is 14.2 Å². The molecular formula is C13H18O6. The predicted octanol–water partition coefficient (Wildman–Crippen LogP) is 0.685. The molecule has 0 unspecified atom stereocenters. The van der Waals surface area contributed by atoms with Crippen LogP contribution in [0.25, 0.3) is 0 Å². The van der Waals surface area contributed by atoms with E-state index in [9.17, 15) is 14.4 Å². The maximum atomic E-state index is 12.0. The molecule has 0 amide bonds. The molecule has 0 heterocycles. The summed E-state index contributed by atoms with van der Waals surface area (Å²) in [5.41, 5.74) is -2.24. The molecule has 19 heavy (non-hydrogen) atoms. The maximum Gasteiger partial charge on any atom is 0.336 e. The van der Waals surface area contributed by atoms with Gasteiger partial charge in [0.15, 0.2) is 0 Å². The fraction of sp³-hybridized carbons (Fsp3) is 0.615. The average molecular weight is 270 g/mol. The molecule has 0 N–H and O–H groups in total. The molecule has 106 valence electrons. The van der Waals surface area contributed by atoms with E-state index in [4.69, 9.17) is 20.6 Å². The van der Waals surface area contributed by atoms with Gasteiger partial charge in [-0.3, -0.25) is 14.4 Å². The van der Waals surface area contributed by atoms with Gasteiger partial charge in [0.25, 0.3) is 5.41 Å². The Bertz CT molecular complexity index is 334. The Hall–Kier alpha value is -2.03. The summed E-state index contributed by atoms with van der Waals surface area (Å²) >= 11 is 0. The van der Waals surface area contributed by atoms with E-state index >= 15 is 0 Å². The first-order valence-electron chi connectivity index (χ1n) is 5.96. The summed E-state index contributed by atoms with van der Waals surface area (Å²) in [5, 5.41) is 0. The largest absolute Gasteiger partial charge is 0.465 e. The number of carbonyl (C=O) groups excluding carboxylic acids is 3. The lowest BCUT2D eigenvalue weighted by atomic mass is 9.84. The first-order valence-corrected chi connectivity index (χ1v) is 5.96. The van der Waals surface area contributed by atoms with Crippen molar-refractivity contribution >= 4 is 17.9 Å². The summed E-state index contributed by atoms with van der Waals surface area (Å²) in [6.07, 6.45) is 4.67. The number of esters is 3. The smallest absolute Gasteiger partial charge is 0.336 e. The third-order valence-electron chi connectivity index (χ3n) is 2.24. The third-order valence-corrected chi connectivity index (χ3v) is 2.24. The summed E-state index contributed by atoms with van der Waals surface area (Å²) < 4.78 is 14.3. The maximum absolute atomic E-state index is 12.0. The molecule has 0 atom stereocenters. The van der Waals surface area contributed by atoms with Crippen molar-refractivity contribution in [3.05, 3.63) is 0 Å². The number of ether oxygens (including phenoxy) is 3. The molecule has 0 radical (unpaired) electrons. The SMILES string of the molecule is C#CCC(C(=O)OCC)(C(=O)OCC)C(=O)OCC. The van der Waals surface area contributed by atoms with Crippen molar-refractivity contribution in [2.75, 3.05) is 19.8 Å². The zero-order valence-corrected chi connectivity index (χ0v) is 11.4. The van der Waals surface area contributed by atoms with Gasteiger partial charge in [0.1, 0.15) is 0 Å². The number of hydrogen-bond acceptors (Lipinski definition) is 6. The molecule has 0 aromatic rings. The molecule has 0 saturated heterocycles. The highest BCUT2D eigenvalue weighted by atomic mass is 16.6. The lowest BCUT2D eigenvalue weighted by Gasteiger charge is -2.24. The highest BCUT2D eigenvalue weighted by Gasteiger charge is 2.57. The molecule has 0 saturated carbocycles. The summed E-state index contributed by atoms with van der Waals surface area (Å²) in [6, 6.07) is 0. The normalized spacial score (nSPS) is 10.2. The van der Waals surface area contributed by atoms with Crippen LogP contribution in [0.2, 0.25) is 0 Å². The predicted molar refractivity (Wildman–Crippen MR) is 65.8 cm³/mol. The summed E-state index contributed by atoms with van der Waals surface area (Å²) in [4.78, 5) is 35.9. The van der Waals surface area contributed by atoms with E-state index in [2.05, 4.69) is 5.92 Å². The van der Waals surface area contributed by atoms with Gasteiger partial charge >= 0.3 is 17.9 Å². The zero-order valence-electron chi connectivity index (χ0n) is 11.4. The van der Waals surface area contributed by atoms with Crippen molar-refractivity contribution < 1.29 is 28.6 Å². The Morgan fingerprint density at radius 1 is 0.895 bits per heavy atom. The number of terminal acetylenes is 1. The van der Waals surface area contributed by atoms with E-state index in [0.717, 1.165) is 0 Å². The van der Waals surface area contributed by atoms with Crippen molar-refractivity contribution in [2.24, 2.45) is 5.41 Å². The fourth-order valence-electron chi connectivity index (χ4n) is 1.38. The van der Waals surface area contributed by atoms with Crippen LogP contribution in [0.1, 0.15) is 27.2 Å². The van der Waals surface area contributed by atoms with Crippen LogP contribution in [0.15, 0.2) is 0 Å². The van der Waals surface area contributed by atoms with Crippen LogP contribution in [-0.4, -0.2) is 37.7 Å². The van der Waals surface area contributed by atoms with Crippen molar-refractivity contribution in [3.8, 4) is 12.3 Å². The molecule has 0 rings (SSSR count). The summed E-state index contributed by atoms with van der Waals surface area (Å²) in [6.45, 7) is 4.66. The first kappa shape index (κ1) is 17.0. The first-order chi connectivity index (χ1) is 9.00. The lowest BCUT2D eigenvalue weighted by molar-refractivity contribution is -0.183. The number of rotatable bonds is 7. The molecule has 0 aliphatic heterocycles. The summed E-state index contributed by atoms with van der Waals surface area (Å²) in [5.74, 6) is -1.03. The highest BCUT2D eigenvalue weighted by Crippen LogP contribution is 2.28. The third kappa shape index (κ3) is 3.71. The van der Waals surface area contributed by atoms with Gasteiger partial charge in [-0.1, -0.05) is 0 Å². The van der Waals surface area contributed by atoms with Gasteiger partial charge in [0.05, 0.1) is 19.8 Å². The molecular weight excluding hydrogens is 252 g/mol. The van der Waals surface area contributed by atoms with Crippen molar-refractivity contribution in [2.45, 2.75) is 27.2 Å². The van der Waals surface area contributed by atoms with E-state index in [0.29, 0.717) is 0 Å². The Kier molecular flexibility index (Phi) is 7.27. The molecule has 0 aromatic carbocycles. The molecule has 0 bridgehead atoms. The molecule has 0 spiro atoms. The Morgan fingerprint density at radius 2 is 1.21 bits per heavy atom. The second-order valence-electron chi connectivity index (χ2n) is 3.45. The van der Waals surface area contributed by atoms with Crippen molar-refractivity contribution in [3.63, 3.8) is 0 Å².